The molecular weight excluding hydrogens is 424 g/mol. The number of nitrogens with zero attached hydrogens (tertiary/aromatic N) is 1. The van der Waals surface area contributed by atoms with E-state index in [-0.39, 0.29) is 27.1 Å². The van der Waals surface area contributed by atoms with Crippen LogP contribution in [0.1, 0.15) is 23.7 Å². The highest BCUT2D eigenvalue weighted by Gasteiger charge is 2.25. The second-order valence-electron chi connectivity index (χ2n) is 5.60. The van der Waals surface area contributed by atoms with Gasteiger partial charge in [-0.3, -0.25) is 14.9 Å². The third-order valence-electron chi connectivity index (χ3n) is 3.66. The van der Waals surface area contributed by atoms with Crippen molar-refractivity contribution in [3.63, 3.8) is 0 Å². The van der Waals surface area contributed by atoms with Crippen molar-refractivity contribution in [3.05, 3.63) is 46.0 Å². The molecule has 2 rings (SSSR count). The molecule has 1 amide bonds. The number of ether oxygens (including phenoxy) is 2. The number of hydrogen-bond donors (Lipinski definition) is 1. The highest BCUT2D eigenvalue weighted by Crippen LogP contribution is 2.34. The molecule has 0 spiro atoms. The highest BCUT2D eigenvalue weighted by molar-refractivity contribution is 7.91. The van der Waals surface area contributed by atoms with Gasteiger partial charge in [-0.1, -0.05) is 0 Å². The molecule has 1 N–H and O–H groups in total. The molecule has 0 fully saturated rings. The van der Waals surface area contributed by atoms with E-state index in [9.17, 15) is 28.1 Å². The number of esters is 1. The van der Waals surface area contributed by atoms with Crippen LogP contribution >= 0.6 is 11.3 Å². The molecule has 0 aliphatic rings. The van der Waals surface area contributed by atoms with Crippen molar-refractivity contribution in [2.24, 2.45) is 0 Å². The summed E-state index contributed by atoms with van der Waals surface area (Å²) >= 11 is 0.589. The Kier molecular flexibility index (Phi) is 7.29. The summed E-state index contributed by atoms with van der Waals surface area (Å²) in [6.07, 6.45) is -0.400. The van der Waals surface area contributed by atoms with Crippen LogP contribution in [0.25, 0.3) is 0 Å². The fraction of sp³-hybridized carbons (Fsp3) is 0.294. The first-order chi connectivity index (χ1) is 13.7. The molecule has 12 heteroatoms. The van der Waals surface area contributed by atoms with E-state index in [0.29, 0.717) is 17.1 Å². The lowest BCUT2D eigenvalue weighted by atomic mass is 10.3. The summed E-state index contributed by atoms with van der Waals surface area (Å²) in [7, 11) is -2.28. The Balaban J connectivity index is 2.10. The van der Waals surface area contributed by atoms with E-state index in [1.54, 1.807) is 6.92 Å². The van der Waals surface area contributed by atoms with Crippen LogP contribution in [0.3, 0.4) is 0 Å². The number of rotatable bonds is 9. The number of sulfone groups is 1. The smallest absolute Gasteiger partial charge is 0.341 e. The maximum Gasteiger partial charge on any atom is 0.341 e. The molecule has 2 aromatic rings. The maximum atomic E-state index is 12.4. The van der Waals surface area contributed by atoms with Gasteiger partial charge in [0.15, 0.2) is 9.84 Å². The molecule has 0 saturated carbocycles. The first-order valence-electron chi connectivity index (χ1n) is 8.30. The summed E-state index contributed by atoms with van der Waals surface area (Å²) < 4.78 is 34.5. The minimum absolute atomic E-state index is 0.0325. The van der Waals surface area contributed by atoms with Crippen molar-refractivity contribution in [1.82, 2.24) is 0 Å². The Morgan fingerprint density at radius 3 is 2.45 bits per heavy atom. The van der Waals surface area contributed by atoms with Gasteiger partial charge in [0, 0.05) is 12.5 Å². The predicted molar refractivity (Wildman–Crippen MR) is 105 cm³/mol. The molecule has 0 atom stereocenters. The van der Waals surface area contributed by atoms with Crippen LogP contribution in [0.15, 0.2) is 35.2 Å². The molecule has 156 valence electrons. The number of amides is 1. The van der Waals surface area contributed by atoms with E-state index < -0.39 is 38.8 Å². The third kappa shape index (κ3) is 5.74. The summed E-state index contributed by atoms with van der Waals surface area (Å²) in [5, 5.41) is 12.9. The van der Waals surface area contributed by atoms with Crippen molar-refractivity contribution in [2.75, 3.05) is 24.8 Å². The van der Waals surface area contributed by atoms with Crippen LogP contribution < -0.4 is 10.1 Å². The standard InChI is InChI=1S/C17H18N2O8S2/c1-3-27-17(21)13-10-15(19(22)23)28-16(13)18-14(20)8-9-29(24,25)12-6-4-11(26-2)5-7-12/h4-7,10H,3,8-9H2,1-2H3,(H,18,20). The maximum absolute atomic E-state index is 12.4. The highest BCUT2D eigenvalue weighted by atomic mass is 32.2. The molecule has 0 radical (unpaired) electrons. The summed E-state index contributed by atoms with van der Waals surface area (Å²) in [6, 6.07) is 6.72. The normalized spacial score (nSPS) is 11.0. The molecule has 0 aliphatic carbocycles. The van der Waals surface area contributed by atoms with E-state index in [1.165, 1.54) is 31.4 Å². The molecule has 0 saturated heterocycles. The fourth-order valence-electron chi connectivity index (χ4n) is 2.24. The Morgan fingerprint density at radius 1 is 1.24 bits per heavy atom. The first-order valence-corrected chi connectivity index (χ1v) is 10.8. The van der Waals surface area contributed by atoms with Gasteiger partial charge in [0.05, 0.1) is 29.3 Å². The Hall–Kier alpha value is -2.99. The zero-order valence-corrected chi connectivity index (χ0v) is 17.2. The number of nitro groups is 1. The lowest BCUT2D eigenvalue weighted by Gasteiger charge is -2.07. The minimum Gasteiger partial charge on any atom is -0.497 e. The topological polar surface area (TPSA) is 142 Å². The van der Waals surface area contributed by atoms with Gasteiger partial charge in [-0.05, 0) is 42.5 Å². The zero-order valence-electron chi connectivity index (χ0n) is 15.5. The van der Waals surface area contributed by atoms with Crippen LogP contribution in [0.4, 0.5) is 10.0 Å². The summed E-state index contributed by atoms with van der Waals surface area (Å²) in [6.45, 7) is 1.62. The zero-order chi connectivity index (χ0) is 21.6. The lowest BCUT2D eigenvalue weighted by molar-refractivity contribution is -0.380. The van der Waals surface area contributed by atoms with Crippen LogP contribution in [0.5, 0.6) is 5.75 Å². The molecule has 1 aromatic heterocycles. The average molecular weight is 442 g/mol. The average Bonchev–Trinajstić information content (AvgIpc) is 3.11. The monoisotopic (exact) mass is 442 g/mol. The van der Waals surface area contributed by atoms with Crippen LogP contribution in [-0.2, 0) is 19.4 Å². The van der Waals surface area contributed by atoms with E-state index in [4.69, 9.17) is 9.47 Å². The number of methoxy groups -OCH3 is 1. The molecule has 0 unspecified atom stereocenters. The third-order valence-corrected chi connectivity index (χ3v) is 6.40. The van der Waals surface area contributed by atoms with Gasteiger partial charge in [0.1, 0.15) is 16.3 Å². The second kappa shape index (κ2) is 9.47. The van der Waals surface area contributed by atoms with Crippen molar-refractivity contribution in [3.8, 4) is 5.75 Å². The van der Waals surface area contributed by atoms with Gasteiger partial charge >= 0.3 is 11.0 Å². The van der Waals surface area contributed by atoms with Gasteiger partial charge < -0.3 is 14.8 Å². The van der Waals surface area contributed by atoms with E-state index in [0.717, 1.165) is 6.07 Å². The fourth-order valence-corrected chi connectivity index (χ4v) is 4.36. The van der Waals surface area contributed by atoms with Gasteiger partial charge in [0.25, 0.3) is 0 Å². The largest absolute Gasteiger partial charge is 0.497 e. The minimum atomic E-state index is -3.73. The number of anilines is 1. The molecule has 1 heterocycles. The second-order valence-corrected chi connectivity index (χ2v) is 8.74. The Labute approximate surface area is 170 Å². The SMILES string of the molecule is CCOC(=O)c1cc([N+](=O)[O-])sc1NC(=O)CCS(=O)(=O)c1ccc(OC)cc1. The van der Waals surface area contributed by atoms with E-state index in [2.05, 4.69) is 5.32 Å². The number of benzene rings is 1. The number of hydrogen-bond acceptors (Lipinski definition) is 9. The van der Waals surface area contributed by atoms with Crippen molar-refractivity contribution in [2.45, 2.75) is 18.2 Å². The van der Waals surface area contributed by atoms with Crippen molar-refractivity contribution in [1.29, 1.82) is 0 Å². The Morgan fingerprint density at radius 2 is 1.90 bits per heavy atom. The van der Waals surface area contributed by atoms with Crippen LogP contribution in [0, 0.1) is 10.1 Å². The molecule has 0 aliphatic heterocycles. The van der Waals surface area contributed by atoms with E-state index in [1.807, 2.05) is 0 Å². The molecule has 0 bridgehead atoms. The van der Waals surface area contributed by atoms with E-state index >= 15 is 0 Å². The Bertz CT molecular complexity index is 1010. The summed E-state index contributed by atoms with van der Waals surface area (Å²) in [5.74, 6) is -1.51. The molecular formula is C17H18N2O8S2. The molecule has 10 nitrogen and oxygen atoms in total. The first kappa shape index (κ1) is 22.3. The number of carbonyl (C=O) groups excluding carboxylic acids is 2. The number of nitrogens with one attached hydrogen (secondary N) is 1. The molecule has 1 aromatic carbocycles. The van der Waals surface area contributed by atoms with Gasteiger partial charge in [-0.25, -0.2) is 13.2 Å². The van der Waals surface area contributed by atoms with Crippen molar-refractivity contribution >= 4 is 43.1 Å². The quantitative estimate of drug-likeness (QED) is 0.355. The summed E-state index contributed by atoms with van der Waals surface area (Å²) in [5.41, 5.74) is -0.157. The summed E-state index contributed by atoms with van der Waals surface area (Å²) in [4.78, 5) is 34.4. The van der Waals surface area contributed by atoms with Gasteiger partial charge in [-0.15, -0.1) is 0 Å². The molecule has 29 heavy (non-hydrogen) atoms. The van der Waals surface area contributed by atoms with Crippen molar-refractivity contribution < 1.29 is 32.4 Å². The van der Waals surface area contributed by atoms with Crippen LogP contribution in [-0.4, -0.2) is 44.7 Å². The number of carbonyl (C=O) groups is 2. The van der Waals surface area contributed by atoms with Gasteiger partial charge in [-0.2, -0.15) is 0 Å². The number of thiophene rings is 1. The predicted octanol–water partition coefficient (Wildman–Crippen LogP) is 2.64. The van der Waals surface area contributed by atoms with Crippen LogP contribution in [0.2, 0.25) is 0 Å². The van der Waals surface area contributed by atoms with Gasteiger partial charge in [0.2, 0.25) is 5.91 Å². The lowest BCUT2D eigenvalue weighted by Crippen LogP contribution is -2.18.